The number of nitrogens with zero attached hydrogens (tertiary/aromatic N) is 2. The Hall–Kier alpha value is -1.51. The second-order valence-electron chi connectivity index (χ2n) is 5.36. The van der Waals surface area contributed by atoms with Crippen molar-refractivity contribution in [3.8, 4) is 0 Å². The van der Waals surface area contributed by atoms with E-state index in [0.29, 0.717) is 6.54 Å². The molecule has 0 saturated carbocycles. The number of benzene rings is 1. The van der Waals surface area contributed by atoms with Crippen molar-refractivity contribution >= 4 is 6.03 Å². The van der Waals surface area contributed by atoms with E-state index >= 15 is 0 Å². The molecule has 0 unspecified atom stereocenters. The van der Waals surface area contributed by atoms with E-state index in [0.717, 1.165) is 32.4 Å². The fourth-order valence-corrected chi connectivity index (χ4v) is 2.55. The lowest BCUT2D eigenvalue weighted by Crippen LogP contribution is -2.43. The summed E-state index contributed by atoms with van der Waals surface area (Å²) in [5.41, 5.74) is 2.54. The van der Waals surface area contributed by atoms with Crippen molar-refractivity contribution in [2.45, 2.75) is 39.2 Å². The van der Waals surface area contributed by atoms with Gasteiger partial charge in [0.05, 0.1) is 0 Å². The van der Waals surface area contributed by atoms with E-state index in [1.807, 2.05) is 16.8 Å². The number of piperidine rings is 1. The minimum atomic E-state index is 0.166. The zero-order valence-corrected chi connectivity index (χ0v) is 12.1. The van der Waals surface area contributed by atoms with Crippen molar-refractivity contribution in [3.05, 3.63) is 35.4 Å². The van der Waals surface area contributed by atoms with Crippen LogP contribution >= 0.6 is 0 Å². The summed E-state index contributed by atoms with van der Waals surface area (Å²) >= 11 is 0. The third-order valence-corrected chi connectivity index (χ3v) is 3.80. The van der Waals surface area contributed by atoms with E-state index in [1.165, 1.54) is 17.5 Å². The molecule has 0 atom stereocenters. The molecule has 1 aliphatic rings. The van der Waals surface area contributed by atoms with Crippen molar-refractivity contribution in [3.63, 3.8) is 0 Å². The third kappa shape index (κ3) is 3.72. The van der Waals surface area contributed by atoms with Crippen LogP contribution < -0.4 is 0 Å². The lowest BCUT2D eigenvalue weighted by atomic mass is 10.1. The first-order valence-electron chi connectivity index (χ1n) is 7.28. The monoisotopic (exact) mass is 260 g/mol. The van der Waals surface area contributed by atoms with Gasteiger partial charge >= 0.3 is 6.03 Å². The molecule has 19 heavy (non-hydrogen) atoms. The highest BCUT2D eigenvalue weighted by atomic mass is 16.2. The summed E-state index contributed by atoms with van der Waals surface area (Å²) in [5, 5.41) is 0. The molecule has 104 valence electrons. The second-order valence-corrected chi connectivity index (χ2v) is 5.36. The predicted octanol–water partition coefficient (Wildman–Crippen LogP) is 3.29. The number of hydrogen-bond acceptors (Lipinski definition) is 1. The number of carbonyl (C=O) groups is 1. The van der Waals surface area contributed by atoms with Gasteiger partial charge in [0.2, 0.25) is 0 Å². The van der Waals surface area contributed by atoms with E-state index < -0.39 is 0 Å². The average molecular weight is 260 g/mol. The highest BCUT2D eigenvalue weighted by molar-refractivity contribution is 5.74. The molecule has 0 aliphatic carbocycles. The van der Waals surface area contributed by atoms with Gasteiger partial charge in [0.25, 0.3) is 0 Å². The molecule has 0 aromatic heterocycles. The predicted molar refractivity (Wildman–Crippen MR) is 78.1 cm³/mol. The standard InChI is InChI=1S/C16H24N2O/c1-3-14-7-9-15(10-8-14)13-17(2)16(19)18-11-5-4-6-12-18/h7-10H,3-6,11-13H2,1-2H3. The molecule has 3 heteroatoms. The Bertz CT molecular complexity index is 407. The molecule has 1 aromatic carbocycles. The van der Waals surface area contributed by atoms with Gasteiger partial charge in [0, 0.05) is 26.7 Å². The molecule has 0 radical (unpaired) electrons. The molecule has 1 fully saturated rings. The van der Waals surface area contributed by atoms with Crippen molar-refractivity contribution in [2.75, 3.05) is 20.1 Å². The normalized spacial score (nSPS) is 15.4. The van der Waals surface area contributed by atoms with Gasteiger partial charge in [-0.1, -0.05) is 31.2 Å². The van der Waals surface area contributed by atoms with Crippen LogP contribution in [0.3, 0.4) is 0 Å². The van der Waals surface area contributed by atoms with Crippen molar-refractivity contribution in [1.82, 2.24) is 9.80 Å². The molecule has 2 amide bonds. The lowest BCUT2D eigenvalue weighted by molar-refractivity contribution is 0.151. The molecular weight excluding hydrogens is 236 g/mol. The highest BCUT2D eigenvalue weighted by Gasteiger charge is 2.19. The van der Waals surface area contributed by atoms with Crippen LogP contribution in [0.25, 0.3) is 0 Å². The summed E-state index contributed by atoms with van der Waals surface area (Å²) < 4.78 is 0. The minimum absolute atomic E-state index is 0.166. The van der Waals surface area contributed by atoms with Crippen LogP contribution in [0.4, 0.5) is 4.79 Å². The van der Waals surface area contributed by atoms with Crippen LogP contribution in [0, 0.1) is 0 Å². The van der Waals surface area contributed by atoms with Gasteiger partial charge in [0.15, 0.2) is 0 Å². The Kier molecular flexibility index (Phi) is 4.83. The van der Waals surface area contributed by atoms with Gasteiger partial charge in [-0.25, -0.2) is 4.79 Å². The first-order chi connectivity index (χ1) is 9.20. The van der Waals surface area contributed by atoms with E-state index in [-0.39, 0.29) is 6.03 Å². The molecule has 3 nitrogen and oxygen atoms in total. The number of hydrogen-bond donors (Lipinski definition) is 0. The Morgan fingerprint density at radius 2 is 1.68 bits per heavy atom. The third-order valence-electron chi connectivity index (χ3n) is 3.80. The van der Waals surface area contributed by atoms with Crippen LogP contribution in [0.15, 0.2) is 24.3 Å². The first kappa shape index (κ1) is 13.9. The summed E-state index contributed by atoms with van der Waals surface area (Å²) in [4.78, 5) is 16.1. The minimum Gasteiger partial charge on any atom is -0.325 e. The van der Waals surface area contributed by atoms with E-state index in [1.54, 1.807) is 0 Å². The Balaban J connectivity index is 1.91. The molecule has 1 aromatic rings. The summed E-state index contributed by atoms with van der Waals surface area (Å²) in [5.74, 6) is 0. The maximum Gasteiger partial charge on any atom is 0.320 e. The van der Waals surface area contributed by atoms with Crippen LogP contribution in [0.1, 0.15) is 37.3 Å². The number of likely N-dealkylation sites (tertiary alicyclic amines) is 1. The van der Waals surface area contributed by atoms with Gasteiger partial charge in [-0.15, -0.1) is 0 Å². The molecule has 1 saturated heterocycles. The Labute approximate surface area is 116 Å². The van der Waals surface area contributed by atoms with E-state index in [2.05, 4.69) is 31.2 Å². The highest BCUT2D eigenvalue weighted by Crippen LogP contribution is 2.13. The molecule has 0 N–H and O–H groups in total. The van der Waals surface area contributed by atoms with Crippen molar-refractivity contribution < 1.29 is 4.79 Å². The van der Waals surface area contributed by atoms with Gasteiger partial charge in [-0.05, 0) is 36.8 Å². The van der Waals surface area contributed by atoms with Crippen LogP contribution in [0.5, 0.6) is 0 Å². The number of carbonyl (C=O) groups excluding carboxylic acids is 1. The van der Waals surface area contributed by atoms with E-state index in [9.17, 15) is 4.79 Å². The van der Waals surface area contributed by atoms with Crippen molar-refractivity contribution in [1.29, 1.82) is 0 Å². The second kappa shape index (κ2) is 6.60. The molecule has 0 bridgehead atoms. The summed E-state index contributed by atoms with van der Waals surface area (Å²) in [6, 6.07) is 8.71. The van der Waals surface area contributed by atoms with Gasteiger partial charge in [-0.3, -0.25) is 0 Å². The number of aryl methyl sites for hydroxylation is 1. The van der Waals surface area contributed by atoms with Gasteiger partial charge in [0.1, 0.15) is 0 Å². The van der Waals surface area contributed by atoms with Crippen molar-refractivity contribution in [2.24, 2.45) is 0 Å². The molecular formula is C16H24N2O. The molecule has 1 heterocycles. The smallest absolute Gasteiger partial charge is 0.320 e. The summed E-state index contributed by atoms with van der Waals surface area (Å²) in [6.45, 7) is 4.68. The molecule has 2 rings (SSSR count). The first-order valence-corrected chi connectivity index (χ1v) is 7.28. The largest absolute Gasteiger partial charge is 0.325 e. The maximum atomic E-state index is 12.3. The Morgan fingerprint density at radius 1 is 1.11 bits per heavy atom. The number of urea groups is 1. The quantitative estimate of drug-likeness (QED) is 0.818. The summed E-state index contributed by atoms with van der Waals surface area (Å²) in [6.07, 6.45) is 4.60. The molecule has 0 spiro atoms. The number of rotatable bonds is 3. The lowest BCUT2D eigenvalue weighted by Gasteiger charge is -2.31. The SMILES string of the molecule is CCc1ccc(CN(C)C(=O)N2CCCCC2)cc1. The van der Waals surface area contributed by atoms with E-state index in [4.69, 9.17) is 0 Å². The van der Waals surface area contributed by atoms with Crippen LogP contribution in [-0.4, -0.2) is 36.0 Å². The van der Waals surface area contributed by atoms with Gasteiger partial charge in [-0.2, -0.15) is 0 Å². The maximum absolute atomic E-state index is 12.3. The van der Waals surface area contributed by atoms with Gasteiger partial charge < -0.3 is 9.80 Å². The fraction of sp³-hybridized carbons (Fsp3) is 0.562. The number of amides is 2. The van der Waals surface area contributed by atoms with Crippen LogP contribution in [-0.2, 0) is 13.0 Å². The zero-order chi connectivity index (χ0) is 13.7. The van der Waals surface area contributed by atoms with Crippen LogP contribution in [0.2, 0.25) is 0 Å². The topological polar surface area (TPSA) is 23.6 Å². The zero-order valence-electron chi connectivity index (χ0n) is 12.1. The average Bonchev–Trinajstić information content (AvgIpc) is 2.48. The fourth-order valence-electron chi connectivity index (χ4n) is 2.55. The Morgan fingerprint density at radius 3 is 2.26 bits per heavy atom. The summed E-state index contributed by atoms with van der Waals surface area (Å²) in [7, 11) is 1.89. The molecule has 1 aliphatic heterocycles.